The van der Waals surface area contributed by atoms with Crippen molar-refractivity contribution in [1.82, 2.24) is 24.3 Å². The lowest BCUT2D eigenvalue weighted by molar-refractivity contribution is 0.247. The van der Waals surface area contributed by atoms with Crippen LogP contribution in [0.5, 0.6) is 0 Å². The third-order valence-electron chi connectivity index (χ3n) is 4.98. The number of hydrogen-bond acceptors (Lipinski definition) is 6. The van der Waals surface area contributed by atoms with Gasteiger partial charge in [-0.15, -0.1) is 0 Å². The first kappa shape index (κ1) is 21.7. The topological polar surface area (TPSA) is 97.9 Å². The van der Waals surface area contributed by atoms with Crippen molar-refractivity contribution in [2.75, 3.05) is 11.9 Å². The van der Waals surface area contributed by atoms with Gasteiger partial charge in [0.1, 0.15) is 11.6 Å². The zero-order valence-corrected chi connectivity index (χ0v) is 18.1. The fourth-order valence-electron chi connectivity index (χ4n) is 3.40. The number of hydrogen-bond donors (Lipinski definition) is 2. The molecule has 10 heteroatoms. The molecule has 32 heavy (non-hydrogen) atoms. The molecule has 4 aromatic rings. The number of anilines is 2. The number of halogens is 2. The van der Waals surface area contributed by atoms with Gasteiger partial charge in [-0.1, -0.05) is 17.7 Å². The van der Waals surface area contributed by atoms with Gasteiger partial charge in [-0.25, -0.2) is 14.4 Å². The Labute approximate surface area is 188 Å². The molecule has 8 nitrogen and oxygen atoms in total. The molecular weight excluding hydrogens is 435 g/mol. The summed E-state index contributed by atoms with van der Waals surface area (Å²) >= 11 is 5.86. The minimum absolute atomic E-state index is 0.0738. The molecular formula is C22H20ClFN6O2. The van der Waals surface area contributed by atoms with Crippen LogP contribution in [0.3, 0.4) is 0 Å². The summed E-state index contributed by atoms with van der Waals surface area (Å²) < 4.78 is 16.5. The molecule has 164 valence electrons. The molecule has 1 atom stereocenters. The van der Waals surface area contributed by atoms with E-state index in [1.807, 2.05) is 20.0 Å². The van der Waals surface area contributed by atoms with Crippen LogP contribution >= 0.6 is 11.6 Å². The van der Waals surface area contributed by atoms with Gasteiger partial charge in [0.15, 0.2) is 0 Å². The quantitative estimate of drug-likeness (QED) is 0.463. The number of rotatable bonds is 6. The zero-order chi connectivity index (χ0) is 22.8. The average molecular weight is 455 g/mol. The molecule has 2 N–H and O–H groups in total. The van der Waals surface area contributed by atoms with E-state index in [0.717, 1.165) is 11.5 Å². The van der Waals surface area contributed by atoms with Crippen molar-refractivity contribution >= 4 is 23.4 Å². The van der Waals surface area contributed by atoms with Gasteiger partial charge in [-0.05, 0) is 36.8 Å². The summed E-state index contributed by atoms with van der Waals surface area (Å²) in [5, 5.41) is 17.2. The largest absolute Gasteiger partial charge is 0.394 e. The molecule has 0 saturated heterocycles. The standard InChI is InChI=1S/C22H20ClFN6O2/c1-13-9-20(29(2)28-13)27-22-25-7-5-18(26-22)14-6-8-30(21(32)11-14)19(12-31)15-3-4-17(24)16(23)10-15/h3-11,19,31H,12H2,1-2H3,(H,25,26,27). The number of aliphatic hydroxyl groups is 1. The normalized spacial score (nSPS) is 12.0. The van der Waals surface area contributed by atoms with Gasteiger partial charge in [0.05, 0.1) is 29.1 Å². The number of aliphatic hydroxyl groups excluding tert-OH is 1. The van der Waals surface area contributed by atoms with Crippen molar-refractivity contribution in [1.29, 1.82) is 0 Å². The second-order valence-corrected chi connectivity index (χ2v) is 7.63. The van der Waals surface area contributed by atoms with E-state index in [-0.39, 0.29) is 17.2 Å². The molecule has 0 spiro atoms. The van der Waals surface area contributed by atoms with Crippen LogP contribution in [0, 0.1) is 12.7 Å². The van der Waals surface area contributed by atoms with E-state index in [4.69, 9.17) is 11.6 Å². The van der Waals surface area contributed by atoms with E-state index < -0.39 is 11.9 Å². The van der Waals surface area contributed by atoms with Crippen molar-refractivity contribution in [2.45, 2.75) is 13.0 Å². The summed E-state index contributed by atoms with van der Waals surface area (Å²) in [5.41, 5.74) is 2.17. The smallest absolute Gasteiger partial charge is 0.251 e. The SMILES string of the molecule is Cc1cc(Nc2nccc(-c3ccn(C(CO)c4ccc(F)c(Cl)c4)c(=O)c3)n2)n(C)n1. The molecule has 0 radical (unpaired) electrons. The summed E-state index contributed by atoms with van der Waals surface area (Å²) in [5.74, 6) is 0.534. The molecule has 1 unspecified atom stereocenters. The average Bonchev–Trinajstić information content (AvgIpc) is 3.09. The van der Waals surface area contributed by atoms with Crippen molar-refractivity contribution in [3.05, 3.63) is 87.3 Å². The summed E-state index contributed by atoms with van der Waals surface area (Å²) in [6.07, 6.45) is 3.16. The van der Waals surface area contributed by atoms with E-state index in [1.54, 1.807) is 29.2 Å². The Morgan fingerprint density at radius 1 is 1.22 bits per heavy atom. The Balaban J connectivity index is 1.63. The molecule has 3 aromatic heterocycles. The van der Waals surface area contributed by atoms with Crippen LogP contribution < -0.4 is 10.9 Å². The maximum Gasteiger partial charge on any atom is 0.251 e. The minimum Gasteiger partial charge on any atom is -0.394 e. The van der Waals surface area contributed by atoms with Gasteiger partial charge >= 0.3 is 0 Å². The number of nitrogens with zero attached hydrogens (tertiary/aromatic N) is 5. The zero-order valence-electron chi connectivity index (χ0n) is 17.3. The number of nitrogens with one attached hydrogen (secondary N) is 1. The van der Waals surface area contributed by atoms with Crippen LogP contribution in [0.25, 0.3) is 11.3 Å². The van der Waals surface area contributed by atoms with Gasteiger partial charge in [0, 0.05) is 37.1 Å². The third-order valence-corrected chi connectivity index (χ3v) is 5.27. The molecule has 3 heterocycles. The fourth-order valence-corrected chi connectivity index (χ4v) is 3.59. The molecule has 0 fully saturated rings. The van der Waals surface area contributed by atoms with E-state index in [9.17, 15) is 14.3 Å². The van der Waals surface area contributed by atoms with Gasteiger partial charge in [-0.2, -0.15) is 5.10 Å². The van der Waals surface area contributed by atoms with Crippen molar-refractivity contribution < 1.29 is 9.50 Å². The van der Waals surface area contributed by atoms with Gasteiger partial charge in [0.2, 0.25) is 5.95 Å². The number of aromatic nitrogens is 5. The van der Waals surface area contributed by atoms with Crippen LogP contribution in [-0.2, 0) is 7.05 Å². The van der Waals surface area contributed by atoms with Gasteiger partial charge in [0.25, 0.3) is 5.56 Å². The lowest BCUT2D eigenvalue weighted by Crippen LogP contribution is -2.26. The summed E-state index contributed by atoms with van der Waals surface area (Å²) in [4.78, 5) is 21.5. The highest BCUT2D eigenvalue weighted by molar-refractivity contribution is 6.30. The predicted octanol–water partition coefficient (Wildman–Crippen LogP) is 3.47. The summed E-state index contributed by atoms with van der Waals surface area (Å²) in [6.45, 7) is 1.53. The molecule has 0 aliphatic rings. The lowest BCUT2D eigenvalue weighted by atomic mass is 10.1. The van der Waals surface area contributed by atoms with E-state index in [1.165, 1.54) is 28.8 Å². The first-order chi connectivity index (χ1) is 15.4. The number of benzene rings is 1. The first-order valence-corrected chi connectivity index (χ1v) is 10.1. The molecule has 0 amide bonds. The lowest BCUT2D eigenvalue weighted by Gasteiger charge is -2.18. The second-order valence-electron chi connectivity index (χ2n) is 7.22. The maximum absolute atomic E-state index is 13.5. The second kappa shape index (κ2) is 8.89. The fraction of sp³-hybridized carbons (Fsp3) is 0.182. The van der Waals surface area contributed by atoms with Crippen LogP contribution in [0.4, 0.5) is 16.2 Å². The number of pyridine rings is 1. The monoisotopic (exact) mass is 454 g/mol. The van der Waals surface area contributed by atoms with Crippen molar-refractivity contribution in [3.8, 4) is 11.3 Å². The highest BCUT2D eigenvalue weighted by Crippen LogP contribution is 2.24. The van der Waals surface area contributed by atoms with Crippen LogP contribution in [0.15, 0.2) is 59.7 Å². The van der Waals surface area contributed by atoms with Crippen molar-refractivity contribution in [2.24, 2.45) is 7.05 Å². The Bertz CT molecular complexity index is 1340. The number of aryl methyl sites for hydroxylation is 2. The molecule has 1 aromatic carbocycles. The molecule has 0 aliphatic carbocycles. The van der Waals surface area contributed by atoms with Crippen molar-refractivity contribution in [3.63, 3.8) is 0 Å². The Morgan fingerprint density at radius 2 is 2.03 bits per heavy atom. The summed E-state index contributed by atoms with van der Waals surface area (Å²) in [6, 6.07) is 10.1. The summed E-state index contributed by atoms with van der Waals surface area (Å²) in [7, 11) is 1.81. The van der Waals surface area contributed by atoms with Crippen LogP contribution in [0.1, 0.15) is 17.3 Å². The van der Waals surface area contributed by atoms with E-state index in [2.05, 4.69) is 20.4 Å². The maximum atomic E-state index is 13.5. The third kappa shape index (κ3) is 4.39. The Kier molecular flexibility index (Phi) is 6.02. The van der Waals surface area contributed by atoms with Crippen LogP contribution in [0.2, 0.25) is 5.02 Å². The predicted molar refractivity (Wildman–Crippen MR) is 120 cm³/mol. The first-order valence-electron chi connectivity index (χ1n) is 9.75. The van der Waals surface area contributed by atoms with Crippen LogP contribution in [-0.4, -0.2) is 36.0 Å². The molecule has 0 aliphatic heterocycles. The van der Waals surface area contributed by atoms with Gasteiger partial charge in [-0.3, -0.25) is 9.48 Å². The minimum atomic E-state index is -0.703. The Morgan fingerprint density at radius 3 is 2.69 bits per heavy atom. The van der Waals surface area contributed by atoms with E-state index >= 15 is 0 Å². The van der Waals surface area contributed by atoms with Gasteiger partial charge < -0.3 is 15.0 Å². The van der Waals surface area contributed by atoms with E-state index in [0.29, 0.717) is 22.8 Å². The Hall–Kier alpha value is -3.56. The molecule has 0 bridgehead atoms. The highest BCUT2D eigenvalue weighted by atomic mass is 35.5. The highest BCUT2D eigenvalue weighted by Gasteiger charge is 2.16. The molecule has 4 rings (SSSR count). The molecule has 0 saturated carbocycles.